The molecule has 3 heteroatoms. The van der Waals surface area contributed by atoms with Crippen LogP contribution in [-0.2, 0) is 11.3 Å². The number of aryl methyl sites for hydroxylation is 1. The molecular weight excluding hydrogens is 238 g/mol. The summed E-state index contributed by atoms with van der Waals surface area (Å²) < 4.78 is 11.6. The molecule has 1 fully saturated rings. The van der Waals surface area contributed by atoms with E-state index in [2.05, 4.69) is 44.3 Å². The summed E-state index contributed by atoms with van der Waals surface area (Å²) in [5.41, 5.74) is 2.42. The van der Waals surface area contributed by atoms with Crippen LogP contribution in [0.3, 0.4) is 0 Å². The standard InChI is InChI=1S/C16H25NO2/c1-12(2)17-10-14-7-4-6-13(3)16(14)19-11-15-8-5-9-18-15/h4,6-7,12,15,17H,5,8-11H2,1-3H3. The number of ether oxygens (including phenoxy) is 2. The Hall–Kier alpha value is -1.06. The van der Waals surface area contributed by atoms with Crippen LogP contribution in [0.5, 0.6) is 5.75 Å². The molecule has 0 aromatic heterocycles. The molecule has 0 radical (unpaired) electrons. The van der Waals surface area contributed by atoms with E-state index in [-0.39, 0.29) is 6.10 Å². The second-order valence-electron chi connectivity index (χ2n) is 5.54. The molecule has 1 saturated heterocycles. The van der Waals surface area contributed by atoms with Gasteiger partial charge in [0, 0.05) is 24.8 Å². The van der Waals surface area contributed by atoms with Crippen molar-refractivity contribution in [1.29, 1.82) is 0 Å². The van der Waals surface area contributed by atoms with Gasteiger partial charge >= 0.3 is 0 Å². The zero-order chi connectivity index (χ0) is 13.7. The summed E-state index contributed by atoms with van der Waals surface area (Å²) in [5, 5.41) is 3.45. The van der Waals surface area contributed by atoms with Gasteiger partial charge in [0.2, 0.25) is 0 Å². The lowest BCUT2D eigenvalue weighted by atomic mass is 10.1. The van der Waals surface area contributed by atoms with Gasteiger partial charge in [-0.2, -0.15) is 0 Å². The first-order valence-electron chi connectivity index (χ1n) is 7.23. The van der Waals surface area contributed by atoms with Crippen LogP contribution in [0.15, 0.2) is 18.2 Å². The van der Waals surface area contributed by atoms with E-state index in [1.54, 1.807) is 0 Å². The van der Waals surface area contributed by atoms with Gasteiger partial charge in [0.25, 0.3) is 0 Å². The summed E-state index contributed by atoms with van der Waals surface area (Å²) in [7, 11) is 0. The molecular formula is C16H25NO2. The fourth-order valence-corrected chi connectivity index (χ4v) is 2.33. The number of benzene rings is 1. The molecule has 1 aromatic rings. The molecule has 0 saturated carbocycles. The molecule has 1 heterocycles. The Labute approximate surface area is 116 Å². The highest BCUT2D eigenvalue weighted by atomic mass is 16.5. The molecule has 0 aliphatic carbocycles. The van der Waals surface area contributed by atoms with Gasteiger partial charge in [-0.15, -0.1) is 0 Å². The van der Waals surface area contributed by atoms with Gasteiger partial charge < -0.3 is 14.8 Å². The quantitative estimate of drug-likeness (QED) is 0.855. The molecule has 3 nitrogen and oxygen atoms in total. The summed E-state index contributed by atoms with van der Waals surface area (Å²) >= 11 is 0. The van der Waals surface area contributed by atoms with Gasteiger partial charge in [0.15, 0.2) is 0 Å². The lowest BCUT2D eigenvalue weighted by Crippen LogP contribution is -2.23. The van der Waals surface area contributed by atoms with E-state index < -0.39 is 0 Å². The van der Waals surface area contributed by atoms with Gasteiger partial charge in [0.1, 0.15) is 12.4 Å². The molecule has 1 atom stereocenters. The van der Waals surface area contributed by atoms with Crippen LogP contribution in [0.2, 0.25) is 0 Å². The van der Waals surface area contributed by atoms with Crippen molar-refractivity contribution in [2.75, 3.05) is 13.2 Å². The topological polar surface area (TPSA) is 30.5 Å². The van der Waals surface area contributed by atoms with E-state index in [9.17, 15) is 0 Å². The van der Waals surface area contributed by atoms with Crippen molar-refractivity contribution in [2.24, 2.45) is 0 Å². The molecule has 0 spiro atoms. The molecule has 1 aromatic carbocycles. The molecule has 106 valence electrons. The summed E-state index contributed by atoms with van der Waals surface area (Å²) in [6.07, 6.45) is 2.54. The van der Waals surface area contributed by atoms with Crippen molar-refractivity contribution < 1.29 is 9.47 Å². The van der Waals surface area contributed by atoms with Crippen LogP contribution in [0.4, 0.5) is 0 Å². The van der Waals surface area contributed by atoms with Crippen LogP contribution in [0, 0.1) is 6.92 Å². The molecule has 0 bridgehead atoms. The Bertz CT molecular complexity index is 398. The minimum absolute atomic E-state index is 0.269. The van der Waals surface area contributed by atoms with Crippen molar-refractivity contribution in [3.8, 4) is 5.75 Å². The largest absolute Gasteiger partial charge is 0.490 e. The molecule has 1 unspecified atom stereocenters. The summed E-state index contributed by atoms with van der Waals surface area (Å²) in [6, 6.07) is 6.80. The highest BCUT2D eigenvalue weighted by Crippen LogP contribution is 2.24. The minimum atomic E-state index is 0.269. The summed E-state index contributed by atoms with van der Waals surface area (Å²) in [4.78, 5) is 0. The molecule has 2 rings (SSSR count). The van der Waals surface area contributed by atoms with E-state index >= 15 is 0 Å². The van der Waals surface area contributed by atoms with E-state index in [0.717, 1.165) is 31.7 Å². The number of hydrogen-bond donors (Lipinski definition) is 1. The van der Waals surface area contributed by atoms with E-state index in [0.29, 0.717) is 12.6 Å². The van der Waals surface area contributed by atoms with Crippen LogP contribution < -0.4 is 10.1 Å². The minimum Gasteiger partial charge on any atom is -0.490 e. The Balaban J connectivity index is 1.99. The maximum Gasteiger partial charge on any atom is 0.126 e. The fourth-order valence-electron chi connectivity index (χ4n) is 2.33. The predicted molar refractivity (Wildman–Crippen MR) is 77.6 cm³/mol. The predicted octanol–water partition coefficient (Wildman–Crippen LogP) is 3.05. The summed E-state index contributed by atoms with van der Waals surface area (Å²) in [6.45, 7) is 8.80. The Morgan fingerprint density at radius 2 is 2.26 bits per heavy atom. The molecule has 19 heavy (non-hydrogen) atoms. The third-order valence-corrected chi connectivity index (χ3v) is 3.43. The van der Waals surface area contributed by atoms with E-state index in [1.807, 2.05) is 0 Å². The normalized spacial score (nSPS) is 19.1. The molecule has 1 aliphatic rings. The second-order valence-corrected chi connectivity index (χ2v) is 5.54. The zero-order valence-electron chi connectivity index (χ0n) is 12.2. The maximum atomic E-state index is 6.02. The number of rotatable bonds is 6. The number of hydrogen-bond acceptors (Lipinski definition) is 3. The Morgan fingerprint density at radius 1 is 1.42 bits per heavy atom. The molecule has 0 amide bonds. The number of nitrogens with one attached hydrogen (secondary N) is 1. The monoisotopic (exact) mass is 263 g/mol. The van der Waals surface area contributed by atoms with Crippen molar-refractivity contribution in [3.05, 3.63) is 29.3 Å². The molecule has 1 aliphatic heterocycles. The zero-order valence-corrected chi connectivity index (χ0v) is 12.2. The highest BCUT2D eigenvalue weighted by Gasteiger charge is 2.17. The average molecular weight is 263 g/mol. The van der Waals surface area contributed by atoms with Gasteiger partial charge in [-0.3, -0.25) is 0 Å². The second kappa shape index (κ2) is 6.92. The van der Waals surface area contributed by atoms with Crippen molar-refractivity contribution in [1.82, 2.24) is 5.32 Å². The lowest BCUT2D eigenvalue weighted by molar-refractivity contribution is 0.0673. The van der Waals surface area contributed by atoms with Crippen LogP contribution in [0.1, 0.15) is 37.8 Å². The average Bonchev–Trinajstić information content (AvgIpc) is 2.88. The SMILES string of the molecule is Cc1cccc(CNC(C)C)c1OCC1CCCO1. The van der Waals surface area contributed by atoms with E-state index in [1.165, 1.54) is 11.1 Å². The van der Waals surface area contributed by atoms with E-state index in [4.69, 9.17) is 9.47 Å². The fraction of sp³-hybridized carbons (Fsp3) is 0.625. The maximum absolute atomic E-state index is 6.02. The van der Waals surface area contributed by atoms with Gasteiger partial charge in [0.05, 0.1) is 6.10 Å². The highest BCUT2D eigenvalue weighted by molar-refractivity contribution is 5.40. The van der Waals surface area contributed by atoms with Gasteiger partial charge in [-0.1, -0.05) is 32.0 Å². The third-order valence-electron chi connectivity index (χ3n) is 3.43. The van der Waals surface area contributed by atoms with Crippen molar-refractivity contribution in [2.45, 2.75) is 52.3 Å². The smallest absolute Gasteiger partial charge is 0.126 e. The van der Waals surface area contributed by atoms with Crippen molar-refractivity contribution >= 4 is 0 Å². The first-order chi connectivity index (χ1) is 9.16. The Morgan fingerprint density at radius 3 is 2.95 bits per heavy atom. The van der Waals surface area contributed by atoms with Crippen LogP contribution >= 0.6 is 0 Å². The number of para-hydroxylation sites is 1. The lowest BCUT2D eigenvalue weighted by Gasteiger charge is -2.18. The van der Waals surface area contributed by atoms with Gasteiger partial charge in [-0.05, 0) is 25.3 Å². The Kier molecular flexibility index (Phi) is 5.23. The first kappa shape index (κ1) is 14.4. The first-order valence-corrected chi connectivity index (χ1v) is 7.23. The van der Waals surface area contributed by atoms with Crippen molar-refractivity contribution in [3.63, 3.8) is 0 Å². The summed E-state index contributed by atoms with van der Waals surface area (Å²) in [5.74, 6) is 1.02. The third kappa shape index (κ3) is 4.22. The van der Waals surface area contributed by atoms with Crippen LogP contribution in [0.25, 0.3) is 0 Å². The van der Waals surface area contributed by atoms with Crippen LogP contribution in [-0.4, -0.2) is 25.4 Å². The van der Waals surface area contributed by atoms with Gasteiger partial charge in [-0.25, -0.2) is 0 Å². The molecule has 1 N–H and O–H groups in total.